The van der Waals surface area contributed by atoms with Crippen LogP contribution in [-0.4, -0.2) is 51.0 Å². The monoisotopic (exact) mass is 449 g/mol. The second kappa shape index (κ2) is 9.43. The number of methoxy groups -OCH3 is 1. The lowest BCUT2D eigenvalue weighted by molar-refractivity contribution is 0.0712. The summed E-state index contributed by atoms with van der Waals surface area (Å²) in [6, 6.07) is 12.0. The Labute approximate surface area is 189 Å². The Kier molecular flexibility index (Phi) is 6.25. The quantitative estimate of drug-likeness (QED) is 0.506. The first-order valence-electron chi connectivity index (χ1n) is 10.3. The van der Waals surface area contributed by atoms with Gasteiger partial charge in [0.25, 0.3) is 5.91 Å². The number of imidazole rings is 1. The van der Waals surface area contributed by atoms with E-state index in [1.807, 2.05) is 6.92 Å². The predicted molar refractivity (Wildman–Crippen MR) is 120 cm³/mol. The summed E-state index contributed by atoms with van der Waals surface area (Å²) in [5, 5.41) is 18.7. The minimum absolute atomic E-state index is 0.0243. The Morgan fingerprint density at radius 1 is 1.27 bits per heavy atom. The molecule has 10 nitrogen and oxygen atoms in total. The van der Waals surface area contributed by atoms with Crippen molar-refractivity contribution < 1.29 is 24.2 Å². The van der Waals surface area contributed by atoms with E-state index in [0.29, 0.717) is 34.8 Å². The van der Waals surface area contributed by atoms with Crippen LogP contribution in [-0.2, 0) is 11.3 Å². The maximum absolute atomic E-state index is 12.5. The Bertz CT molecular complexity index is 1170. The maximum atomic E-state index is 12.5. The van der Waals surface area contributed by atoms with Gasteiger partial charge in [0.15, 0.2) is 11.5 Å². The zero-order chi connectivity index (χ0) is 23.4. The van der Waals surface area contributed by atoms with Crippen molar-refractivity contribution in [2.75, 3.05) is 12.4 Å². The number of nitrogens with one attached hydrogen (secondary N) is 2. The van der Waals surface area contributed by atoms with Crippen LogP contribution in [0.3, 0.4) is 0 Å². The molecule has 1 aliphatic heterocycles. The fraction of sp³-hybridized carbons (Fsp3) is 0.217. The molecule has 2 amide bonds. The lowest BCUT2D eigenvalue weighted by Gasteiger charge is -2.29. The Morgan fingerprint density at radius 3 is 2.70 bits per heavy atom. The molecule has 0 fully saturated rings. The van der Waals surface area contributed by atoms with Crippen molar-refractivity contribution in [3.05, 3.63) is 71.8 Å². The summed E-state index contributed by atoms with van der Waals surface area (Å²) in [5.41, 5.74) is 2.92. The van der Waals surface area contributed by atoms with Crippen molar-refractivity contribution in [2.45, 2.75) is 26.0 Å². The standard InChI is InChI=1S/C23H23N5O5/c1-3-19-21(15-6-9-20(32-2)18(29)10-15)27-28(23(31)33-19)12-14-4-7-16(8-5-14)26-22(30)17-11-24-13-25-17/h4-11,13,19,29H,3,12H2,1-2H3,(H,24,25)(H,26,30). The zero-order valence-corrected chi connectivity index (χ0v) is 18.1. The van der Waals surface area contributed by atoms with E-state index in [1.165, 1.54) is 30.7 Å². The molecule has 3 N–H and O–H groups in total. The molecule has 0 bridgehead atoms. The van der Waals surface area contributed by atoms with Gasteiger partial charge in [0.2, 0.25) is 0 Å². The first-order valence-corrected chi connectivity index (χ1v) is 10.3. The second-order valence-electron chi connectivity index (χ2n) is 7.33. The first-order chi connectivity index (χ1) is 16.0. The number of phenolic OH excluding ortho intramolecular Hbond substituents is 1. The molecule has 3 aromatic rings. The minimum atomic E-state index is -0.556. The fourth-order valence-corrected chi connectivity index (χ4v) is 3.39. The SMILES string of the molecule is CCC1OC(=O)N(Cc2ccc(NC(=O)c3cnc[nH]3)cc2)N=C1c1ccc(OC)c(O)c1. The third-order valence-electron chi connectivity index (χ3n) is 5.12. The molecule has 2 aromatic carbocycles. The third-order valence-corrected chi connectivity index (χ3v) is 5.12. The molecule has 1 unspecified atom stereocenters. The van der Waals surface area contributed by atoms with E-state index in [4.69, 9.17) is 9.47 Å². The maximum Gasteiger partial charge on any atom is 0.431 e. The van der Waals surface area contributed by atoms with E-state index in [0.717, 1.165) is 5.56 Å². The number of ether oxygens (including phenoxy) is 2. The van der Waals surface area contributed by atoms with E-state index < -0.39 is 12.2 Å². The predicted octanol–water partition coefficient (Wildman–Crippen LogP) is 3.51. The van der Waals surface area contributed by atoms with Crippen LogP contribution in [0.25, 0.3) is 0 Å². The van der Waals surface area contributed by atoms with Crippen LogP contribution in [0.15, 0.2) is 60.1 Å². The molecule has 2 heterocycles. The fourth-order valence-electron chi connectivity index (χ4n) is 3.39. The van der Waals surface area contributed by atoms with Crippen molar-refractivity contribution in [3.8, 4) is 11.5 Å². The number of nitrogens with zero attached hydrogens (tertiary/aromatic N) is 3. The largest absolute Gasteiger partial charge is 0.504 e. The lowest BCUT2D eigenvalue weighted by Crippen LogP contribution is -2.41. The highest BCUT2D eigenvalue weighted by Gasteiger charge is 2.31. The Morgan fingerprint density at radius 2 is 2.06 bits per heavy atom. The van der Waals surface area contributed by atoms with Gasteiger partial charge in [-0.15, -0.1) is 0 Å². The first kappa shape index (κ1) is 21.9. The number of rotatable bonds is 7. The summed E-state index contributed by atoms with van der Waals surface area (Å²) in [5.74, 6) is 0.0167. The summed E-state index contributed by atoms with van der Waals surface area (Å²) in [4.78, 5) is 31.2. The second-order valence-corrected chi connectivity index (χ2v) is 7.33. The van der Waals surface area contributed by atoms with Gasteiger partial charge in [-0.25, -0.2) is 9.78 Å². The average molecular weight is 449 g/mol. The van der Waals surface area contributed by atoms with Gasteiger partial charge < -0.3 is 24.9 Å². The number of H-pyrrole nitrogens is 1. The number of hydrogen-bond donors (Lipinski definition) is 3. The van der Waals surface area contributed by atoms with Gasteiger partial charge in [-0.3, -0.25) is 4.79 Å². The zero-order valence-electron chi connectivity index (χ0n) is 18.1. The number of benzene rings is 2. The smallest absolute Gasteiger partial charge is 0.431 e. The number of aromatic nitrogens is 2. The average Bonchev–Trinajstić information content (AvgIpc) is 3.36. The van der Waals surface area contributed by atoms with Gasteiger partial charge in [-0.05, 0) is 42.3 Å². The topological polar surface area (TPSA) is 129 Å². The van der Waals surface area contributed by atoms with E-state index in [2.05, 4.69) is 20.4 Å². The van der Waals surface area contributed by atoms with Crippen LogP contribution >= 0.6 is 0 Å². The number of cyclic esters (lactones) is 1. The molecule has 1 aromatic heterocycles. The number of aromatic amines is 1. The van der Waals surface area contributed by atoms with Crippen molar-refractivity contribution >= 4 is 23.4 Å². The number of phenols is 1. The Hall–Kier alpha value is -4.34. The number of carbonyl (C=O) groups is 2. The van der Waals surface area contributed by atoms with Gasteiger partial charge in [-0.2, -0.15) is 10.1 Å². The summed E-state index contributed by atoms with van der Waals surface area (Å²) in [6.07, 6.45) is 2.33. The normalized spacial score (nSPS) is 15.6. The highest BCUT2D eigenvalue weighted by molar-refractivity contribution is 6.06. The van der Waals surface area contributed by atoms with Crippen LogP contribution in [0, 0.1) is 0 Å². The Balaban J connectivity index is 1.51. The highest BCUT2D eigenvalue weighted by atomic mass is 16.6. The molecule has 0 radical (unpaired) electrons. The van der Waals surface area contributed by atoms with E-state index >= 15 is 0 Å². The number of amides is 2. The molecular formula is C23H23N5O5. The van der Waals surface area contributed by atoms with Gasteiger partial charge in [0, 0.05) is 11.3 Å². The van der Waals surface area contributed by atoms with Crippen LogP contribution in [0.4, 0.5) is 10.5 Å². The molecule has 0 saturated carbocycles. The van der Waals surface area contributed by atoms with Gasteiger partial charge in [0.05, 0.1) is 26.2 Å². The molecule has 0 spiro atoms. The van der Waals surface area contributed by atoms with E-state index in [9.17, 15) is 14.7 Å². The van der Waals surface area contributed by atoms with Crippen molar-refractivity contribution in [2.24, 2.45) is 5.10 Å². The summed E-state index contributed by atoms with van der Waals surface area (Å²) in [7, 11) is 1.47. The molecule has 4 rings (SSSR count). The number of aromatic hydroxyl groups is 1. The molecule has 0 aliphatic carbocycles. The lowest BCUT2D eigenvalue weighted by atomic mass is 10.0. The minimum Gasteiger partial charge on any atom is -0.504 e. The summed E-state index contributed by atoms with van der Waals surface area (Å²) in [6.45, 7) is 2.07. The number of hydrogen-bond acceptors (Lipinski definition) is 7. The molecule has 33 heavy (non-hydrogen) atoms. The van der Waals surface area contributed by atoms with Gasteiger partial charge >= 0.3 is 6.09 Å². The highest BCUT2D eigenvalue weighted by Crippen LogP contribution is 2.29. The molecule has 10 heteroatoms. The van der Waals surface area contributed by atoms with Gasteiger partial charge in [-0.1, -0.05) is 19.1 Å². The number of hydrazone groups is 1. The van der Waals surface area contributed by atoms with Crippen LogP contribution in [0.1, 0.15) is 35.0 Å². The van der Waals surface area contributed by atoms with E-state index in [1.54, 1.807) is 36.4 Å². The summed E-state index contributed by atoms with van der Waals surface area (Å²) < 4.78 is 10.7. The van der Waals surface area contributed by atoms with Crippen LogP contribution in [0.5, 0.6) is 11.5 Å². The van der Waals surface area contributed by atoms with E-state index in [-0.39, 0.29) is 18.2 Å². The molecule has 1 atom stereocenters. The summed E-state index contributed by atoms with van der Waals surface area (Å²) >= 11 is 0. The molecule has 170 valence electrons. The molecule has 0 saturated heterocycles. The molecule has 1 aliphatic rings. The number of anilines is 1. The van der Waals surface area contributed by atoms with Crippen LogP contribution in [0.2, 0.25) is 0 Å². The van der Waals surface area contributed by atoms with Crippen molar-refractivity contribution in [3.63, 3.8) is 0 Å². The third kappa shape index (κ3) is 4.79. The van der Waals surface area contributed by atoms with Crippen molar-refractivity contribution in [1.82, 2.24) is 15.0 Å². The van der Waals surface area contributed by atoms with Gasteiger partial charge in [0.1, 0.15) is 17.5 Å². The van der Waals surface area contributed by atoms with Crippen LogP contribution < -0.4 is 10.1 Å². The van der Waals surface area contributed by atoms with Crippen molar-refractivity contribution in [1.29, 1.82) is 0 Å². The number of carbonyl (C=O) groups excluding carboxylic acids is 2. The molecular weight excluding hydrogens is 426 g/mol.